The summed E-state index contributed by atoms with van der Waals surface area (Å²) in [6, 6.07) is 0. The topological polar surface area (TPSA) is 80.7 Å². The van der Waals surface area contributed by atoms with E-state index in [1.165, 1.54) is 51.4 Å². The Morgan fingerprint density at radius 3 is 1.72 bits per heavy atom. The molecule has 0 saturated carbocycles. The van der Waals surface area contributed by atoms with E-state index in [1.54, 1.807) is 20.8 Å². The zero-order valence-corrected chi connectivity index (χ0v) is 19.3. The lowest BCUT2D eigenvalue weighted by Gasteiger charge is -2.23. The Labute approximate surface area is 178 Å². The number of unbranched alkanes of at least 4 members (excludes halogenated alkanes) is 10. The molecule has 0 radical (unpaired) electrons. The predicted octanol–water partition coefficient (Wildman–Crippen LogP) is 6.47. The normalized spacial score (nSPS) is 12.6. The molecule has 0 aliphatic rings. The van der Waals surface area contributed by atoms with Crippen molar-refractivity contribution in [2.24, 2.45) is 5.92 Å². The van der Waals surface area contributed by atoms with Crippen LogP contribution in [0.5, 0.6) is 0 Å². The molecule has 0 fully saturated rings. The van der Waals surface area contributed by atoms with Crippen molar-refractivity contribution in [1.82, 2.24) is 0 Å². The fourth-order valence-electron chi connectivity index (χ4n) is 3.35. The van der Waals surface area contributed by atoms with Crippen molar-refractivity contribution < 1.29 is 24.2 Å². The second kappa shape index (κ2) is 16.4. The van der Waals surface area contributed by atoms with Gasteiger partial charge in [0.15, 0.2) is 0 Å². The first-order chi connectivity index (χ1) is 13.7. The zero-order valence-electron chi connectivity index (χ0n) is 19.3. The highest BCUT2D eigenvalue weighted by Crippen LogP contribution is 2.20. The number of rotatable bonds is 18. The molecule has 0 saturated heterocycles. The maximum Gasteiger partial charge on any atom is 0.309 e. The van der Waals surface area contributed by atoms with E-state index >= 15 is 0 Å². The summed E-state index contributed by atoms with van der Waals surface area (Å²) in [6.45, 7) is 7.54. The molecule has 1 atom stereocenters. The lowest BCUT2D eigenvalue weighted by Crippen LogP contribution is -2.30. The molecule has 29 heavy (non-hydrogen) atoms. The molecule has 5 heteroatoms. The minimum atomic E-state index is -0.962. The first kappa shape index (κ1) is 27.6. The lowest BCUT2D eigenvalue weighted by atomic mass is 9.94. The van der Waals surface area contributed by atoms with Gasteiger partial charge in [-0.1, -0.05) is 71.1 Å². The van der Waals surface area contributed by atoms with Crippen LogP contribution < -0.4 is 0 Å². The average molecular weight is 413 g/mol. The molecule has 0 spiro atoms. The molecular weight excluding hydrogens is 368 g/mol. The quantitative estimate of drug-likeness (QED) is 0.206. The third-order valence-corrected chi connectivity index (χ3v) is 4.98. The van der Waals surface area contributed by atoms with Crippen LogP contribution in [0.3, 0.4) is 0 Å². The average Bonchev–Trinajstić information content (AvgIpc) is 2.61. The molecule has 0 heterocycles. The molecule has 0 unspecified atom stereocenters. The lowest BCUT2D eigenvalue weighted by molar-refractivity contribution is -0.161. The third kappa shape index (κ3) is 18.4. The van der Waals surface area contributed by atoms with Gasteiger partial charge in [0.05, 0.1) is 5.92 Å². The van der Waals surface area contributed by atoms with E-state index in [0.717, 1.165) is 19.3 Å². The van der Waals surface area contributed by atoms with Gasteiger partial charge >= 0.3 is 11.9 Å². The summed E-state index contributed by atoms with van der Waals surface area (Å²) < 4.78 is 5.36. The Kier molecular flexibility index (Phi) is 15.6. The number of aliphatic carboxylic acids is 1. The van der Waals surface area contributed by atoms with Crippen LogP contribution in [0.4, 0.5) is 0 Å². The van der Waals surface area contributed by atoms with Gasteiger partial charge in [-0.3, -0.25) is 14.4 Å². The SMILES string of the molecule is CCCCCCCCCCCCCC(=O)C[C@@H](CCC(=O)O)C(=O)OC(C)(C)C. The molecule has 0 aliphatic heterocycles. The van der Waals surface area contributed by atoms with E-state index in [-0.39, 0.29) is 25.0 Å². The molecular formula is C24H44O5. The van der Waals surface area contributed by atoms with Crippen LogP contribution in [0, 0.1) is 5.92 Å². The molecule has 1 N–H and O–H groups in total. The smallest absolute Gasteiger partial charge is 0.309 e. The van der Waals surface area contributed by atoms with Crippen molar-refractivity contribution in [2.45, 2.75) is 130 Å². The standard InChI is InChI=1S/C24H44O5/c1-5-6-7-8-9-10-11-12-13-14-15-16-21(25)19-20(17-18-22(26)27)23(28)29-24(2,3)4/h20H,5-19H2,1-4H3,(H,26,27)/t20-/m1/s1. The number of ether oxygens (including phenoxy) is 1. The Morgan fingerprint density at radius 1 is 0.793 bits per heavy atom. The van der Waals surface area contributed by atoms with Crippen molar-refractivity contribution in [2.75, 3.05) is 0 Å². The zero-order chi connectivity index (χ0) is 22.1. The van der Waals surface area contributed by atoms with Crippen LogP contribution in [0.1, 0.15) is 124 Å². The molecule has 170 valence electrons. The predicted molar refractivity (Wildman–Crippen MR) is 117 cm³/mol. The first-order valence-corrected chi connectivity index (χ1v) is 11.6. The maximum absolute atomic E-state index is 12.3. The van der Waals surface area contributed by atoms with Gasteiger partial charge in [-0.2, -0.15) is 0 Å². The van der Waals surface area contributed by atoms with E-state index < -0.39 is 23.5 Å². The van der Waals surface area contributed by atoms with Crippen LogP contribution in [0.2, 0.25) is 0 Å². The van der Waals surface area contributed by atoms with Crippen LogP contribution in [0.15, 0.2) is 0 Å². The molecule has 0 aromatic heterocycles. The number of ketones is 1. The number of hydrogen-bond acceptors (Lipinski definition) is 4. The van der Waals surface area contributed by atoms with Crippen molar-refractivity contribution in [1.29, 1.82) is 0 Å². The fraction of sp³-hybridized carbons (Fsp3) is 0.875. The van der Waals surface area contributed by atoms with Crippen LogP contribution >= 0.6 is 0 Å². The number of hydrogen-bond donors (Lipinski definition) is 1. The van der Waals surface area contributed by atoms with Gasteiger partial charge in [0.1, 0.15) is 11.4 Å². The largest absolute Gasteiger partial charge is 0.481 e. The number of Topliss-reactive ketones (excluding diaryl/α,β-unsaturated/α-hetero) is 1. The Morgan fingerprint density at radius 2 is 1.28 bits per heavy atom. The second-order valence-electron chi connectivity index (χ2n) is 9.19. The molecule has 0 aliphatic carbocycles. The summed E-state index contributed by atoms with van der Waals surface area (Å²) in [4.78, 5) is 35.4. The summed E-state index contributed by atoms with van der Waals surface area (Å²) in [5.41, 5.74) is -0.641. The molecule has 0 bridgehead atoms. The van der Waals surface area contributed by atoms with Crippen molar-refractivity contribution in [3.05, 3.63) is 0 Å². The molecule has 0 aromatic rings. The Hall–Kier alpha value is -1.39. The molecule has 0 amide bonds. The monoisotopic (exact) mass is 412 g/mol. The summed E-state index contributed by atoms with van der Waals surface area (Å²) in [6.07, 6.45) is 14.1. The van der Waals surface area contributed by atoms with Gasteiger partial charge in [-0.15, -0.1) is 0 Å². The number of carboxylic acids is 1. The summed E-state index contributed by atoms with van der Waals surface area (Å²) >= 11 is 0. The summed E-state index contributed by atoms with van der Waals surface area (Å²) in [5.74, 6) is -2.06. The van der Waals surface area contributed by atoms with E-state index in [2.05, 4.69) is 6.92 Å². The van der Waals surface area contributed by atoms with E-state index in [9.17, 15) is 14.4 Å². The second-order valence-corrected chi connectivity index (χ2v) is 9.19. The summed E-state index contributed by atoms with van der Waals surface area (Å²) in [7, 11) is 0. The van der Waals surface area contributed by atoms with E-state index in [1.807, 2.05) is 0 Å². The number of carboxylic acid groups (broad SMARTS) is 1. The van der Waals surface area contributed by atoms with Gasteiger partial charge in [0.25, 0.3) is 0 Å². The van der Waals surface area contributed by atoms with Crippen molar-refractivity contribution >= 4 is 17.7 Å². The summed E-state index contributed by atoms with van der Waals surface area (Å²) in [5, 5.41) is 8.89. The Bertz CT molecular complexity index is 464. The van der Waals surface area contributed by atoms with Gasteiger partial charge < -0.3 is 9.84 Å². The highest BCUT2D eigenvalue weighted by atomic mass is 16.6. The Balaban J connectivity index is 4.00. The van der Waals surface area contributed by atoms with Crippen LogP contribution in [-0.2, 0) is 19.1 Å². The van der Waals surface area contributed by atoms with Crippen molar-refractivity contribution in [3.8, 4) is 0 Å². The molecule has 0 aromatic carbocycles. The van der Waals surface area contributed by atoms with Gasteiger partial charge in [-0.05, 0) is 33.6 Å². The number of esters is 1. The van der Waals surface area contributed by atoms with Crippen LogP contribution in [-0.4, -0.2) is 28.4 Å². The fourth-order valence-corrected chi connectivity index (χ4v) is 3.35. The minimum Gasteiger partial charge on any atom is -0.481 e. The van der Waals surface area contributed by atoms with Gasteiger partial charge in [-0.25, -0.2) is 0 Å². The number of carbonyl (C=O) groups excluding carboxylic acids is 2. The minimum absolute atomic E-state index is 0.0298. The van der Waals surface area contributed by atoms with E-state index in [4.69, 9.17) is 9.84 Å². The first-order valence-electron chi connectivity index (χ1n) is 11.6. The van der Waals surface area contributed by atoms with Gasteiger partial charge in [0, 0.05) is 19.3 Å². The van der Waals surface area contributed by atoms with Gasteiger partial charge in [0.2, 0.25) is 0 Å². The number of carbonyl (C=O) groups is 3. The highest BCUT2D eigenvalue weighted by molar-refractivity contribution is 5.84. The molecule has 0 rings (SSSR count). The van der Waals surface area contributed by atoms with E-state index in [0.29, 0.717) is 6.42 Å². The maximum atomic E-state index is 12.3. The molecule has 5 nitrogen and oxygen atoms in total. The third-order valence-electron chi connectivity index (χ3n) is 4.98. The van der Waals surface area contributed by atoms with Crippen LogP contribution in [0.25, 0.3) is 0 Å². The van der Waals surface area contributed by atoms with Crippen molar-refractivity contribution in [3.63, 3.8) is 0 Å². The highest BCUT2D eigenvalue weighted by Gasteiger charge is 2.27.